The molecule has 1 unspecified atom stereocenters. The van der Waals surface area contributed by atoms with Crippen molar-refractivity contribution in [2.75, 3.05) is 17.1 Å². The van der Waals surface area contributed by atoms with Crippen molar-refractivity contribution in [1.29, 1.82) is 0 Å². The third-order valence-corrected chi connectivity index (χ3v) is 8.35. The van der Waals surface area contributed by atoms with E-state index < -0.39 is 28.5 Å². The van der Waals surface area contributed by atoms with Gasteiger partial charge in [0.2, 0.25) is 21.8 Å². The summed E-state index contributed by atoms with van der Waals surface area (Å²) in [6.45, 7) is 1.48. The fraction of sp³-hybridized carbons (Fsp3) is 0.440. The van der Waals surface area contributed by atoms with Gasteiger partial charge in [-0.1, -0.05) is 61.7 Å². The second-order valence-electron chi connectivity index (χ2n) is 8.75. The van der Waals surface area contributed by atoms with Gasteiger partial charge in [-0.2, -0.15) is 0 Å². The lowest BCUT2D eigenvalue weighted by Crippen LogP contribution is -2.53. The van der Waals surface area contributed by atoms with Gasteiger partial charge in [0.25, 0.3) is 0 Å². The first kappa shape index (κ1) is 27.5. The van der Waals surface area contributed by atoms with Crippen LogP contribution in [0.25, 0.3) is 0 Å². The SMILES string of the molecule is CCC(C(=O)NC1CCCC1)N(Cc1ccccc1Cl)C(=O)CN(c1ccccc1Br)S(C)(=O)=O. The number of sulfonamides is 1. The van der Waals surface area contributed by atoms with Crippen molar-refractivity contribution in [3.05, 3.63) is 63.6 Å². The Balaban J connectivity index is 1.94. The van der Waals surface area contributed by atoms with Crippen LogP contribution in [-0.4, -0.2) is 50.0 Å². The van der Waals surface area contributed by atoms with E-state index in [9.17, 15) is 18.0 Å². The molecule has 0 bridgehead atoms. The number of hydrogen-bond acceptors (Lipinski definition) is 4. The van der Waals surface area contributed by atoms with Crippen molar-refractivity contribution in [2.45, 2.75) is 57.7 Å². The van der Waals surface area contributed by atoms with Crippen LogP contribution in [0.15, 0.2) is 53.0 Å². The summed E-state index contributed by atoms with van der Waals surface area (Å²) in [5.74, 6) is -0.717. The fourth-order valence-corrected chi connectivity index (χ4v) is 6.02. The van der Waals surface area contributed by atoms with E-state index in [1.54, 1.807) is 42.5 Å². The number of nitrogens with zero attached hydrogens (tertiary/aromatic N) is 2. The Kier molecular flexibility index (Phi) is 9.61. The molecule has 2 aromatic carbocycles. The summed E-state index contributed by atoms with van der Waals surface area (Å²) < 4.78 is 27.0. The van der Waals surface area contributed by atoms with Crippen molar-refractivity contribution in [3.63, 3.8) is 0 Å². The standard InChI is InChI=1S/C25H31BrClN3O4S/c1-3-22(25(32)28-19-11-5-6-12-19)29(16-18-10-4-8-14-21(18)27)24(31)17-30(35(2,33)34)23-15-9-7-13-20(23)26/h4,7-10,13-15,19,22H,3,5-6,11-12,16-17H2,1-2H3,(H,28,32). The van der Waals surface area contributed by atoms with Crippen LogP contribution in [0.3, 0.4) is 0 Å². The van der Waals surface area contributed by atoms with Crippen LogP contribution in [-0.2, 0) is 26.2 Å². The molecule has 0 saturated heterocycles. The molecule has 0 radical (unpaired) electrons. The Labute approximate surface area is 221 Å². The third kappa shape index (κ3) is 7.21. The van der Waals surface area contributed by atoms with Gasteiger partial charge in [-0.05, 0) is 59.0 Å². The smallest absolute Gasteiger partial charge is 0.244 e. The van der Waals surface area contributed by atoms with Crippen molar-refractivity contribution in [1.82, 2.24) is 10.2 Å². The van der Waals surface area contributed by atoms with Crippen LogP contribution < -0.4 is 9.62 Å². The maximum Gasteiger partial charge on any atom is 0.244 e. The number of para-hydroxylation sites is 1. The quantitative estimate of drug-likeness (QED) is 0.437. The average Bonchev–Trinajstić information content (AvgIpc) is 3.31. The van der Waals surface area contributed by atoms with E-state index in [4.69, 9.17) is 11.6 Å². The number of anilines is 1. The Hall–Kier alpha value is -2.10. The highest BCUT2D eigenvalue weighted by Crippen LogP contribution is 2.28. The monoisotopic (exact) mass is 583 g/mol. The normalized spacial score (nSPS) is 15.0. The predicted molar refractivity (Wildman–Crippen MR) is 143 cm³/mol. The lowest BCUT2D eigenvalue weighted by atomic mass is 10.1. The van der Waals surface area contributed by atoms with Crippen LogP contribution in [0.5, 0.6) is 0 Å². The maximum absolute atomic E-state index is 13.7. The summed E-state index contributed by atoms with van der Waals surface area (Å²) in [6.07, 6.45) is 5.42. The molecular formula is C25H31BrClN3O4S. The molecule has 1 N–H and O–H groups in total. The number of hydrogen-bond donors (Lipinski definition) is 1. The molecule has 2 aromatic rings. The van der Waals surface area contributed by atoms with E-state index >= 15 is 0 Å². The Morgan fingerprint density at radius 3 is 2.34 bits per heavy atom. The number of nitrogens with one attached hydrogen (secondary N) is 1. The number of carbonyl (C=O) groups is 2. The zero-order valence-corrected chi connectivity index (χ0v) is 23.1. The fourth-order valence-electron chi connectivity index (χ4n) is 4.35. The molecule has 1 atom stereocenters. The van der Waals surface area contributed by atoms with E-state index in [1.165, 1.54) is 4.90 Å². The first-order valence-electron chi connectivity index (χ1n) is 11.7. The van der Waals surface area contributed by atoms with Crippen molar-refractivity contribution >= 4 is 55.1 Å². The van der Waals surface area contributed by atoms with Gasteiger partial charge in [-0.25, -0.2) is 8.42 Å². The van der Waals surface area contributed by atoms with E-state index in [2.05, 4.69) is 21.2 Å². The molecule has 0 aliphatic heterocycles. The molecule has 10 heteroatoms. The second kappa shape index (κ2) is 12.2. The molecule has 2 amide bonds. The highest BCUT2D eigenvalue weighted by molar-refractivity contribution is 9.10. The largest absolute Gasteiger partial charge is 0.352 e. The summed E-state index contributed by atoms with van der Waals surface area (Å²) >= 11 is 9.76. The van der Waals surface area contributed by atoms with Gasteiger partial charge in [0.15, 0.2) is 0 Å². The topological polar surface area (TPSA) is 86.8 Å². The number of benzene rings is 2. The molecule has 0 aromatic heterocycles. The molecule has 3 rings (SSSR count). The first-order valence-corrected chi connectivity index (χ1v) is 14.7. The van der Waals surface area contributed by atoms with Gasteiger partial charge in [0, 0.05) is 22.1 Å². The van der Waals surface area contributed by atoms with E-state index in [0.717, 1.165) is 36.2 Å². The first-order chi connectivity index (χ1) is 16.6. The maximum atomic E-state index is 13.7. The number of halogens is 2. The summed E-state index contributed by atoms with van der Waals surface area (Å²) in [5.41, 5.74) is 1.03. The minimum absolute atomic E-state index is 0.0860. The second-order valence-corrected chi connectivity index (χ2v) is 11.9. The lowest BCUT2D eigenvalue weighted by molar-refractivity contribution is -0.140. The van der Waals surface area contributed by atoms with Crippen molar-refractivity contribution < 1.29 is 18.0 Å². The van der Waals surface area contributed by atoms with Crippen LogP contribution in [0.1, 0.15) is 44.6 Å². The summed E-state index contributed by atoms with van der Waals surface area (Å²) in [6, 6.07) is 13.3. The van der Waals surface area contributed by atoms with E-state index in [0.29, 0.717) is 27.2 Å². The number of carbonyl (C=O) groups excluding carboxylic acids is 2. The Bertz CT molecular complexity index is 1150. The highest BCUT2D eigenvalue weighted by atomic mass is 79.9. The Morgan fingerprint density at radius 2 is 1.74 bits per heavy atom. The lowest BCUT2D eigenvalue weighted by Gasteiger charge is -2.33. The molecule has 7 nitrogen and oxygen atoms in total. The molecule has 190 valence electrons. The van der Waals surface area contributed by atoms with E-state index in [1.807, 2.05) is 13.0 Å². The zero-order valence-electron chi connectivity index (χ0n) is 19.9. The van der Waals surface area contributed by atoms with Crippen molar-refractivity contribution in [3.8, 4) is 0 Å². The molecule has 0 spiro atoms. The van der Waals surface area contributed by atoms with Gasteiger partial charge < -0.3 is 10.2 Å². The summed E-state index contributed by atoms with van der Waals surface area (Å²) in [5, 5.41) is 3.56. The molecule has 1 fully saturated rings. The molecule has 1 saturated carbocycles. The minimum Gasteiger partial charge on any atom is -0.352 e. The van der Waals surface area contributed by atoms with Crippen molar-refractivity contribution in [2.24, 2.45) is 0 Å². The minimum atomic E-state index is -3.79. The van der Waals surface area contributed by atoms with Gasteiger partial charge >= 0.3 is 0 Å². The average molecular weight is 585 g/mol. The summed E-state index contributed by atoms with van der Waals surface area (Å²) in [4.78, 5) is 28.4. The molecular weight excluding hydrogens is 554 g/mol. The molecule has 1 aliphatic rings. The van der Waals surface area contributed by atoms with E-state index in [-0.39, 0.29) is 18.5 Å². The highest BCUT2D eigenvalue weighted by Gasteiger charge is 2.33. The van der Waals surface area contributed by atoms with Crippen LogP contribution in [0.4, 0.5) is 5.69 Å². The van der Waals surface area contributed by atoms with Gasteiger partial charge in [0.1, 0.15) is 12.6 Å². The van der Waals surface area contributed by atoms with Gasteiger partial charge in [0.05, 0.1) is 11.9 Å². The van der Waals surface area contributed by atoms with Gasteiger partial charge in [-0.15, -0.1) is 0 Å². The van der Waals surface area contributed by atoms with Gasteiger partial charge in [-0.3, -0.25) is 13.9 Å². The molecule has 35 heavy (non-hydrogen) atoms. The summed E-state index contributed by atoms with van der Waals surface area (Å²) in [7, 11) is -3.79. The molecule has 0 heterocycles. The third-order valence-electron chi connectivity index (χ3n) is 6.19. The van der Waals surface area contributed by atoms with Crippen LogP contribution in [0, 0.1) is 0 Å². The molecule has 1 aliphatic carbocycles. The number of amides is 2. The zero-order chi connectivity index (χ0) is 25.6. The van der Waals surface area contributed by atoms with Crippen LogP contribution >= 0.6 is 27.5 Å². The Morgan fingerprint density at radius 1 is 1.11 bits per heavy atom. The van der Waals surface area contributed by atoms with Crippen LogP contribution in [0.2, 0.25) is 5.02 Å². The number of rotatable bonds is 10. The predicted octanol–water partition coefficient (Wildman–Crippen LogP) is 4.73.